The summed E-state index contributed by atoms with van der Waals surface area (Å²) in [5, 5.41) is 0. The van der Waals surface area contributed by atoms with E-state index in [0.717, 1.165) is 18.7 Å². The fourth-order valence-electron chi connectivity index (χ4n) is 2.85. The number of likely N-dealkylation sites (N-methyl/N-ethyl adjacent to an activating group) is 1. The normalized spacial score (nSPS) is 12.3. The minimum Gasteiger partial charge on any atom is -0.497 e. The van der Waals surface area contributed by atoms with Gasteiger partial charge >= 0.3 is 0 Å². The van der Waals surface area contributed by atoms with E-state index in [1.807, 2.05) is 6.07 Å². The van der Waals surface area contributed by atoms with E-state index in [1.165, 1.54) is 30.4 Å². The number of hydrogen-bond donors (Lipinski definition) is 0. The number of benzene rings is 2. The van der Waals surface area contributed by atoms with Crippen LogP contribution in [0.2, 0.25) is 0 Å². The van der Waals surface area contributed by atoms with Crippen molar-refractivity contribution in [3.8, 4) is 5.75 Å². The Bertz CT molecular complexity index is 567. The molecule has 2 rings (SSSR count). The van der Waals surface area contributed by atoms with Crippen molar-refractivity contribution in [1.82, 2.24) is 4.90 Å². The highest BCUT2D eigenvalue weighted by atomic mass is 16.5. The third kappa shape index (κ3) is 6.07. The summed E-state index contributed by atoms with van der Waals surface area (Å²) in [5.74, 6) is 0.945. The van der Waals surface area contributed by atoms with Crippen LogP contribution in [0.4, 0.5) is 0 Å². The Morgan fingerprint density at radius 2 is 1.70 bits per heavy atom. The molecular weight excluding hydrogens is 282 g/mol. The Hall–Kier alpha value is -1.80. The second-order valence-electron chi connectivity index (χ2n) is 6.33. The molecule has 0 saturated carbocycles. The number of nitrogens with zero attached hydrogens (tertiary/aromatic N) is 1. The van der Waals surface area contributed by atoms with Crippen LogP contribution in [0.15, 0.2) is 54.6 Å². The van der Waals surface area contributed by atoms with Gasteiger partial charge in [0.05, 0.1) is 7.11 Å². The number of hydrogen-bond acceptors (Lipinski definition) is 2. The first-order valence-corrected chi connectivity index (χ1v) is 8.56. The lowest BCUT2D eigenvalue weighted by Crippen LogP contribution is -2.31. The van der Waals surface area contributed by atoms with E-state index in [0.29, 0.717) is 6.04 Å². The van der Waals surface area contributed by atoms with Gasteiger partial charge in [-0.3, -0.25) is 0 Å². The maximum absolute atomic E-state index is 5.30. The average molecular weight is 311 g/mol. The summed E-state index contributed by atoms with van der Waals surface area (Å²) in [7, 11) is 3.95. The third-order valence-corrected chi connectivity index (χ3v) is 4.49. The van der Waals surface area contributed by atoms with Crippen molar-refractivity contribution in [2.45, 2.75) is 38.6 Å². The lowest BCUT2D eigenvalue weighted by atomic mass is 10.0. The van der Waals surface area contributed by atoms with Gasteiger partial charge < -0.3 is 9.64 Å². The van der Waals surface area contributed by atoms with E-state index in [9.17, 15) is 0 Å². The highest BCUT2D eigenvalue weighted by Crippen LogP contribution is 2.15. The molecule has 1 unspecified atom stereocenters. The molecule has 1 atom stereocenters. The summed E-state index contributed by atoms with van der Waals surface area (Å²) in [6, 6.07) is 19.7. The monoisotopic (exact) mass is 311 g/mol. The van der Waals surface area contributed by atoms with Gasteiger partial charge in [0.15, 0.2) is 0 Å². The van der Waals surface area contributed by atoms with Gasteiger partial charge in [-0.05, 0) is 69.5 Å². The SMILES string of the molecule is COc1cccc(CC(C)N(C)CCCCc2ccccc2)c1. The molecule has 2 aromatic carbocycles. The zero-order chi connectivity index (χ0) is 16.5. The summed E-state index contributed by atoms with van der Waals surface area (Å²) in [5.41, 5.74) is 2.78. The van der Waals surface area contributed by atoms with Crippen LogP contribution >= 0.6 is 0 Å². The maximum Gasteiger partial charge on any atom is 0.119 e. The van der Waals surface area contributed by atoms with Crippen LogP contribution < -0.4 is 4.74 Å². The largest absolute Gasteiger partial charge is 0.497 e. The quantitative estimate of drug-likeness (QED) is 0.628. The molecule has 0 heterocycles. The molecule has 0 radical (unpaired) electrons. The smallest absolute Gasteiger partial charge is 0.119 e. The van der Waals surface area contributed by atoms with Gasteiger partial charge in [-0.1, -0.05) is 42.5 Å². The molecule has 0 aliphatic heterocycles. The first-order valence-electron chi connectivity index (χ1n) is 8.56. The minimum atomic E-state index is 0.541. The van der Waals surface area contributed by atoms with Crippen molar-refractivity contribution in [3.63, 3.8) is 0 Å². The van der Waals surface area contributed by atoms with Crippen LogP contribution in [0.1, 0.15) is 30.9 Å². The molecule has 0 aliphatic carbocycles. The lowest BCUT2D eigenvalue weighted by Gasteiger charge is -2.25. The predicted molar refractivity (Wildman–Crippen MR) is 98.2 cm³/mol. The predicted octanol–water partition coefficient (Wildman–Crippen LogP) is 4.58. The van der Waals surface area contributed by atoms with Gasteiger partial charge in [0.2, 0.25) is 0 Å². The molecule has 0 spiro atoms. The first-order chi connectivity index (χ1) is 11.2. The molecular formula is C21H29NO. The standard InChI is InChI=1S/C21H29NO/c1-18(16-20-13-9-14-21(17-20)23-3)22(2)15-8-7-12-19-10-5-4-6-11-19/h4-6,9-11,13-14,17-18H,7-8,12,15-16H2,1-3H3. The fourth-order valence-corrected chi connectivity index (χ4v) is 2.85. The van der Waals surface area contributed by atoms with Gasteiger partial charge in [0.25, 0.3) is 0 Å². The molecule has 0 aliphatic rings. The van der Waals surface area contributed by atoms with E-state index in [4.69, 9.17) is 4.74 Å². The number of methoxy groups -OCH3 is 1. The van der Waals surface area contributed by atoms with Gasteiger partial charge in [-0.15, -0.1) is 0 Å². The molecule has 2 heteroatoms. The van der Waals surface area contributed by atoms with E-state index in [-0.39, 0.29) is 0 Å². The minimum absolute atomic E-state index is 0.541. The second-order valence-corrected chi connectivity index (χ2v) is 6.33. The fraction of sp³-hybridized carbons (Fsp3) is 0.429. The van der Waals surface area contributed by atoms with Crippen molar-refractivity contribution in [1.29, 1.82) is 0 Å². The average Bonchev–Trinajstić information content (AvgIpc) is 2.59. The van der Waals surface area contributed by atoms with Crippen LogP contribution in [0, 0.1) is 0 Å². The molecule has 2 aromatic rings. The Kier molecular flexibility index (Phi) is 7.15. The Morgan fingerprint density at radius 1 is 0.957 bits per heavy atom. The zero-order valence-corrected chi connectivity index (χ0v) is 14.7. The van der Waals surface area contributed by atoms with Gasteiger partial charge in [-0.2, -0.15) is 0 Å². The summed E-state index contributed by atoms with van der Waals surface area (Å²) < 4.78 is 5.30. The number of aryl methyl sites for hydroxylation is 1. The van der Waals surface area contributed by atoms with E-state index >= 15 is 0 Å². The zero-order valence-electron chi connectivity index (χ0n) is 14.7. The molecule has 2 nitrogen and oxygen atoms in total. The van der Waals surface area contributed by atoms with Crippen molar-refractivity contribution >= 4 is 0 Å². The summed E-state index contributed by atoms with van der Waals surface area (Å²) in [4.78, 5) is 2.46. The van der Waals surface area contributed by atoms with Crippen LogP contribution in [-0.4, -0.2) is 31.6 Å². The van der Waals surface area contributed by atoms with Crippen LogP contribution in [0.3, 0.4) is 0 Å². The van der Waals surface area contributed by atoms with E-state index in [1.54, 1.807) is 7.11 Å². The molecule has 0 saturated heterocycles. The lowest BCUT2D eigenvalue weighted by molar-refractivity contribution is 0.251. The Balaban J connectivity index is 1.71. The summed E-state index contributed by atoms with van der Waals surface area (Å²) >= 11 is 0. The second kappa shape index (κ2) is 9.36. The molecule has 0 aromatic heterocycles. The molecule has 23 heavy (non-hydrogen) atoms. The number of ether oxygens (including phenoxy) is 1. The number of unbranched alkanes of at least 4 members (excludes halogenated alkanes) is 1. The van der Waals surface area contributed by atoms with Gasteiger partial charge in [0, 0.05) is 6.04 Å². The van der Waals surface area contributed by atoms with Crippen molar-refractivity contribution < 1.29 is 4.74 Å². The molecule has 124 valence electrons. The molecule has 0 fully saturated rings. The molecule has 0 bridgehead atoms. The summed E-state index contributed by atoms with van der Waals surface area (Å²) in [6.45, 7) is 3.45. The van der Waals surface area contributed by atoms with Gasteiger partial charge in [-0.25, -0.2) is 0 Å². The Labute approximate surface area is 141 Å². The first kappa shape index (κ1) is 17.6. The molecule has 0 amide bonds. The number of rotatable bonds is 9. The topological polar surface area (TPSA) is 12.5 Å². The maximum atomic E-state index is 5.30. The van der Waals surface area contributed by atoms with Crippen LogP contribution in [0.25, 0.3) is 0 Å². The van der Waals surface area contributed by atoms with Gasteiger partial charge in [0.1, 0.15) is 5.75 Å². The summed E-state index contributed by atoms with van der Waals surface area (Å²) in [6.07, 6.45) is 4.74. The van der Waals surface area contributed by atoms with Crippen molar-refractivity contribution in [2.75, 3.05) is 20.7 Å². The van der Waals surface area contributed by atoms with Crippen molar-refractivity contribution in [3.05, 3.63) is 65.7 Å². The Morgan fingerprint density at radius 3 is 2.43 bits per heavy atom. The van der Waals surface area contributed by atoms with E-state index in [2.05, 4.69) is 67.4 Å². The van der Waals surface area contributed by atoms with Crippen LogP contribution in [-0.2, 0) is 12.8 Å². The van der Waals surface area contributed by atoms with Crippen LogP contribution in [0.5, 0.6) is 5.75 Å². The highest BCUT2D eigenvalue weighted by Gasteiger charge is 2.10. The molecule has 0 N–H and O–H groups in total. The third-order valence-electron chi connectivity index (χ3n) is 4.49. The van der Waals surface area contributed by atoms with E-state index < -0.39 is 0 Å². The highest BCUT2D eigenvalue weighted by molar-refractivity contribution is 5.28. The van der Waals surface area contributed by atoms with Crippen molar-refractivity contribution in [2.24, 2.45) is 0 Å².